The van der Waals surface area contributed by atoms with Crippen LogP contribution >= 0.6 is 11.6 Å². The van der Waals surface area contributed by atoms with Gasteiger partial charge in [-0.1, -0.05) is 24.6 Å². The number of hydrogen-bond acceptors (Lipinski definition) is 6. The van der Waals surface area contributed by atoms with Crippen LogP contribution in [0.2, 0.25) is 5.02 Å². The first kappa shape index (κ1) is 26.3. The highest BCUT2D eigenvalue weighted by atomic mass is 35.5. The molecule has 2 saturated carbocycles. The van der Waals surface area contributed by atoms with E-state index < -0.39 is 0 Å². The third kappa shape index (κ3) is 4.23. The molecule has 3 unspecified atom stereocenters. The van der Waals surface area contributed by atoms with Gasteiger partial charge in [-0.3, -0.25) is 19.2 Å². The smallest absolute Gasteiger partial charge is 0.274 e. The number of nitrogens with zero attached hydrogens (tertiary/aromatic N) is 6. The minimum atomic E-state index is -0.121. The van der Waals surface area contributed by atoms with Crippen molar-refractivity contribution < 1.29 is 14.7 Å². The minimum absolute atomic E-state index is 0.00461. The number of aromatic nitrogens is 2. The van der Waals surface area contributed by atoms with Crippen LogP contribution < -0.4 is 4.90 Å². The first-order valence-electron chi connectivity index (χ1n) is 14.8. The summed E-state index contributed by atoms with van der Waals surface area (Å²) in [6.07, 6.45) is 2.94. The lowest BCUT2D eigenvalue weighted by atomic mass is 10.1. The number of fused-ring (bicyclic) bond motifs is 3. The number of anilines is 1. The number of aliphatic hydroxyl groups is 1. The Morgan fingerprint density at radius 2 is 1.90 bits per heavy atom. The molecule has 1 aromatic heterocycles. The van der Waals surface area contributed by atoms with Crippen LogP contribution in [0.25, 0.3) is 0 Å². The van der Waals surface area contributed by atoms with E-state index in [0.29, 0.717) is 49.6 Å². The Labute approximate surface area is 240 Å². The highest BCUT2D eigenvalue weighted by Gasteiger charge is 2.57. The summed E-state index contributed by atoms with van der Waals surface area (Å²) in [5.41, 5.74) is 4.90. The number of amides is 2. The van der Waals surface area contributed by atoms with Gasteiger partial charge in [0.1, 0.15) is 6.54 Å². The minimum Gasteiger partial charge on any atom is -0.395 e. The molecule has 0 radical (unpaired) electrons. The van der Waals surface area contributed by atoms with Crippen molar-refractivity contribution in [2.24, 2.45) is 11.8 Å². The van der Waals surface area contributed by atoms with E-state index in [4.69, 9.17) is 16.7 Å². The Kier molecular flexibility index (Phi) is 6.40. The van der Waals surface area contributed by atoms with Crippen LogP contribution in [0.3, 0.4) is 0 Å². The second kappa shape index (κ2) is 9.74. The molecule has 1 spiro atoms. The van der Waals surface area contributed by atoms with Crippen LogP contribution in [0.15, 0.2) is 18.2 Å². The Hall–Kier alpha value is -2.62. The van der Waals surface area contributed by atoms with Crippen molar-refractivity contribution in [3.63, 3.8) is 0 Å². The third-order valence-electron chi connectivity index (χ3n) is 10.3. The molecule has 214 valence electrons. The van der Waals surface area contributed by atoms with E-state index in [-0.39, 0.29) is 30.5 Å². The van der Waals surface area contributed by atoms with Gasteiger partial charge in [0.05, 0.1) is 12.1 Å². The molecule has 3 atom stereocenters. The Balaban J connectivity index is 1.08. The van der Waals surface area contributed by atoms with E-state index in [1.165, 1.54) is 0 Å². The summed E-state index contributed by atoms with van der Waals surface area (Å²) in [4.78, 5) is 36.1. The molecule has 4 fully saturated rings. The normalized spacial score (nSPS) is 26.7. The van der Waals surface area contributed by atoms with E-state index >= 15 is 0 Å². The van der Waals surface area contributed by atoms with Crippen LogP contribution in [0, 0.1) is 18.8 Å². The summed E-state index contributed by atoms with van der Waals surface area (Å²) < 4.78 is 1.87. The maximum absolute atomic E-state index is 13.8. The van der Waals surface area contributed by atoms with Gasteiger partial charge in [0.25, 0.3) is 5.91 Å². The molecule has 10 heteroatoms. The molecule has 3 aliphatic carbocycles. The quantitative estimate of drug-likeness (QED) is 0.578. The monoisotopic (exact) mass is 566 g/mol. The number of β-amino-alcohol motifs (C(OH)–C–C–N with tert-alkyl or cyclic N) is 1. The summed E-state index contributed by atoms with van der Waals surface area (Å²) in [6.45, 7) is 10.4. The molecule has 5 aliphatic rings. The van der Waals surface area contributed by atoms with Crippen molar-refractivity contribution in [2.75, 3.05) is 63.9 Å². The molecule has 2 aliphatic heterocycles. The van der Waals surface area contributed by atoms with E-state index in [2.05, 4.69) is 34.6 Å². The Morgan fingerprint density at radius 1 is 1.12 bits per heavy atom. The molecular weight excluding hydrogens is 528 g/mol. The van der Waals surface area contributed by atoms with Crippen LogP contribution in [0.1, 0.15) is 53.0 Å². The molecule has 2 saturated heterocycles. The second-order valence-electron chi connectivity index (χ2n) is 12.6. The summed E-state index contributed by atoms with van der Waals surface area (Å²) in [7, 11) is 0. The van der Waals surface area contributed by atoms with Gasteiger partial charge in [-0.15, -0.1) is 0 Å². The van der Waals surface area contributed by atoms with Crippen LogP contribution in [0.4, 0.5) is 5.69 Å². The lowest BCUT2D eigenvalue weighted by Crippen LogP contribution is -2.58. The second-order valence-corrected chi connectivity index (χ2v) is 13.0. The van der Waals surface area contributed by atoms with Gasteiger partial charge in [-0.2, -0.15) is 5.10 Å². The van der Waals surface area contributed by atoms with Crippen molar-refractivity contribution in [3.8, 4) is 0 Å². The van der Waals surface area contributed by atoms with Crippen molar-refractivity contribution in [2.45, 2.75) is 51.1 Å². The zero-order chi connectivity index (χ0) is 27.8. The van der Waals surface area contributed by atoms with Gasteiger partial charge in [-0.05, 0) is 61.6 Å². The number of piperazine rings is 2. The zero-order valence-electron chi connectivity index (χ0n) is 23.5. The molecule has 2 amide bonds. The van der Waals surface area contributed by atoms with Gasteiger partial charge in [-0.25, -0.2) is 0 Å². The predicted octanol–water partition coefficient (Wildman–Crippen LogP) is 2.38. The molecule has 1 aromatic carbocycles. The number of hydrogen-bond donors (Lipinski definition) is 1. The van der Waals surface area contributed by atoms with E-state index in [0.717, 1.165) is 73.0 Å². The molecule has 40 heavy (non-hydrogen) atoms. The Bertz CT molecular complexity index is 1350. The summed E-state index contributed by atoms with van der Waals surface area (Å²) in [6, 6.07) is 6.05. The molecule has 3 heterocycles. The van der Waals surface area contributed by atoms with Gasteiger partial charge < -0.3 is 19.8 Å². The van der Waals surface area contributed by atoms with Gasteiger partial charge in [0, 0.05) is 74.3 Å². The van der Waals surface area contributed by atoms with Crippen molar-refractivity contribution >= 4 is 29.1 Å². The summed E-state index contributed by atoms with van der Waals surface area (Å²) in [5, 5.41) is 14.9. The molecule has 9 nitrogen and oxygen atoms in total. The molecule has 0 bridgehead atoms. The fourth-order valence-electron chi connectivity index (χ4n) is 7.69. The number of carbonyl (C=O) groups is 2. The van der Waals surface area contributed by atoms with Gasteiger partial charge in [0.2, 0.25) is 5.91 Å². The number of benzene rings is 1. The lowest BCUT2D eigenvalue weighted by molar-refractivity contribution is -0.135. The number of aliphatic hydroxyl groups excluding tert-OH is 1. The predicted molar refractivity (Wildman–Crippen MR) is 153 cm³/mol. The average Bonchev–Trinajstić information content (AvgIpc) is 3.73. The van der Waals surface area contributed by atoms with Gasteiger partial charge >= 0.3 is 0 Å². The van der Waals surface area contributed by atoms with E-state index in [1.807, 2.05) is 21.7 Å². The lowest BCUT2D eigenvalue weighted by Gasteiger charge is -2.43. The maximum Gasteiger partial charge on any atom is 0.274 e. The molecular formula is C30H39ClN6O3. The molecule has 7 rings (SSSR count). The SMILES string of the molecule is Cc1c(Cl)cccc1N1CCN(C(=O)Cn2nc(C(=O)N3CCN(CCO)CC3)c3c2CC2C(C)C32)C2(CC2)C1. The van der Waals surface area contributed by atoms with Crippen LogP contribution in [-0.4, -0.2) is 106 Å². The standard InChI is InChI=1S/C30H39ClN6O3/c1-19-21-16-24-27(26(19)21)28(29(40)34-10-8-33(9-11-34)14-15-38)32-37(24)17-25(39)36-13-12-35(18-30(36)6-7-30)23-5-3-4-22(31)20(23)2/h3-5,19,21,26,38H,6-18H2,1-2H3. The summed E-state index contributed by atoms with van der Waals surface area (Å²) >= 11 is 6.41. The van der Waals surface area contributed by atoms with Crippen LogP contribution in [-0.2, 0) is 17.8 Å². The largest absolute Gasteiger partial charge is 0.395 e. The first-order chi connectivity index (χ1) is 19.3. The number of rotatable bonds is 6. The van der Waals surface area contributed by atoms with Crippen molar-refractivity contribution in [1.82, 2.24) is 24.5 Å². The number of carbonyl (C=O) groups excluding carboxylic acids is 2. The highest BCUT2D eigenvalue weighted by molar-refractivity contribution is 6.31. The fraction of sp³-hybridized carbons (Fsp3) is 0.633. The Morgan fingerprint density at radius 3 is 2.62 bits per heavy atom. The molecule has 2 aromatic rings. The van der Waals surface area contributed by atoms with Crippen LogP contribution in [0.5, 0.6) is 0 Å². The third-order valence-corrected chi connectivity index (χ3v) is 10.8. The topological polar surface area (TPSA) is 85.2 Å². The van der Waals surface area contributed by atoms with E-state index in [9.17, 15) is 14.7 Å². The fourth-order valence-corrected chi connectivity index (χ4v) is 7.86. The highest BCUT2D eigenvalue weighted by Crippen LogP contribution is 2.62. The summed E-state index contributed by atoms with van der Waals surface area (Å²) in [5.74, 6) is 1.64. The van der Waals surface area contributed by atoms with Gasteiger partial charge in [0.15, 0.2) is 5.69 Å². The van der Waals surface area contributed by atoms with E-state index in [1.54, 1.807) is 0 Å². The zero-order valence-corrected chi connectivity index (χ0v) is 24.2. The average molecular weight is 567 g/mol. The first-order valence-corrected chi connectivity index (χ1v) is 15.2. The van der Waals surface area contributed by atoms with Crippen molar-refractivity contribution in [3.05, 3.63) is 45.7 Å². The maximum atomic E-state index is 13.8. The molecule has 1 N–H and O–H groups in total. The number of halogens is 1. The van der Waals surface area contributed by atoms with Crippen molar-refractivity contribution in [1.29, 1.82) is 0 Å².